The van der Waals surface area contributed by atoms with Gasteiger partial charge in [-0.1, -0.05) is 42.5 Å². The van der Waals surface area contributed by atoms with Gasteiger partial charge in [0.05, 0.1) is 18.5 Å². The van der Waals surface area contributed by atoms with Gasteiger partial charge in [-0.3, -0.25) is 4.79 Å². The van der Waals surface area contributed by atoms with E-state index in [9.17, 15) is 4.79 Å². The van der Waals surface area contributed by atoms with Crippen LogP contribution in [0.15, 0.2) is 59.6 Å². The topological polar surface area (TPSA) is 45.3 Å². The number of carbonyl (C=O) groups is 1. The van der Waals surface area contributed by atoms with Crippen molar-refractivity contribution in [1.82, 2.24) is 9.88 Å². The molecule has 5 heteroatoms. The van der Waals surface area contributed by atoms with Gasteiger partial charge in [0, 0.05) is 42.0 Å². The maximum absolute atomic E-state index is 12.5. The summed E-state index contributed by atoms with van der Waals surface area (Å²) in [5, 5.41) is 1.17. The van der Waals surface area contributed by atoms with E-state index in [1.165, 1.54) is 16.5 Å². The third-order valence-corrected chi connectivity index (χ3v) is 5.89. The van der Waals surface area contributed by atoms with E-state index in [1.807, 2.05) is 37.5 Å². The van der Waals surface area contributed by atoms with E-state index in [0.717, 1.165) is 16.8 Å². The second kappa shape index (κ2) is 7.56. The lowest BCUT2D eigenvalue weighted by atomic mass is 9.99. The third kappa shape index (κ3) is 3.64. The molecule has 1 aliphatic heterocycles. The first-order valence-electron chi connectivity index (χ1n) is 8.82. The second-order valence-corrected chi connectivity index (χ2v) is 7.68. The Labute approximate surface area is 157 Å². The summed E-state index contributed by atoms with van der Waals surface area (Å²) < 4.78 is 5.93. The van der Waals surface area contributed by atoms with Gasteiger partial charge < -0.3 is 14.6 Å². The first-order chi connectivity index (χ1) is 12.7. The zero-order chi connectivity index (χ0) is 17.9. The van der Waals surface area contributed by atoms with Crippen molar-refractivity contribution < 1.29 is 9.53 Å². The summed E-state index contributed by atoms with van der Waals surface area (Å²) in [6.07, 6.45) is 2.91. The highest BCUT2D eigenvalue weighted by atomic mass is 32.2. The van der Waals surface area contributed by atoms with Gasteiger partial charge in [-0.25, -0.2) is 0 Å². The Balaban J connectivity index is 1.32. The predicted molar refractivity (Wildman–Crippen MR) is 105 cm³/mol. The van der Waals surface area contributed by atoms with Gasteiger partial charge in [0.1, 0.15) is 0 Å². The van der Waals surface area contributed by atoms with Crippen molar-refractivity contribution in [3.8, 4) is 0 Å². The summed E-state index contributed by atoms with van der Waals surface area (Å²) in [7, 11) is 1.86. The molecule has 3 aromatic rings. The molecule has 0 fully saturated rings. The Kier molecular flexibility index (Phi) is 5.00. The molecule has 1 atom stereocenters. The molecule has 1 aromatic heterocycles. The number of amides is 1. The summed E-state index contributed by atoms with van der Waals surface area (Å²) in [5.41, 5.74) is 3.69. The van der Waals surface area contributed by atoms with Crippen LogP contribution in [-0.2, 0) is 22.6 Å². The van der Waals surface area contributed by atoms with Crippen LogP contribution in [-0.4, -0.2) is 41.2 Å². The quantitative estimate of drug-likeness (QED) is 0.698. The van der Waals surface area contributed by atoms with E-state index in [-0.39, 0.29) is 12.0 Å². The number of rotatable bonds is 5. The van der Waals surface area contributed by atoms with Gasteiger partial charge in [0.2, 0.25) is 5.91 Å². The molecule has 0 radical (unpaired) electrons. The van der Waals surface area contributed by atoms with Crippen LogP contribution in [0.5, 0.6) is 0 Å². The number of fused-ring (bicyclic) bond motifs is 2. The van der Waals surface area contributed by atoms with Crippen molar-refractivity contribution in [1.29, 1.82) is 0 Å². The summed E-state index contributed by atoms with van der Waals surface area (Å²) in [4.78, 5) is 18.7. The zero-order valence-electron chi connectivity index (χ0n) is 14.8. The highest BCUT2D eigenvalue weighted by molar-refractivity contribution is 8.00. The van der Waals surface area contributed by atoms with Crippen LogP contribution in [0.25, 0.3) is 10.9 Å². The summed E-state index contributed by atoms with van der Waals surface area (Å²) in [5.74, 6) is 0.560. The molecule has 26 heavy (non-hydrogen) atoms. The van der Waals surface area contributed by atoms with Gasteiger partial charge in [-0.2, -0.15) is 0 Å². The van der Waals surface area contributed by atoms with Gasteiger partial charge in [0.25, 0.3) is 0 Å². The lowest BCUT2D eigenvalue weighted by Crippen LogP contribution is -2.39. The number of hydrogen-bond acceptors (Lipinski definition) is 3. The largest absolute Gasteiger partial charge is 0.371 e. The average molecular weight is 366 g/mol. The molecule has 4 nitrogen and oxygen atoms in total. The highest BCUT2D eigenvalue weighted by Crippen LogP contribution is 2.28. The molecule has 4 rings (SSSR count). The number of benzene rings is 2. The fourth-order valence-corrected chi connectivity index (χ4v) is 4.32. The molecule has 0 bridgehead atoms. The minimum absolute atomic E-state index is 0.0666. The zero-order valence-corrected chi connectivity index (χ0v) is 15.6. The normalized spacial score (nSPS) is 16.4. The van der Waals surface area contributed by atoms with Crippen LogP contribution in [0.3, 0.4) is 0 Å². The highest BCUT2D eigenvalue weighted by Gasteiger charge is 2.22. The Morgan fingerprint density at radius 1 is 1.19 bits per heavy atom. The van der Waals surface area contributed by atoms with Crippen LogP contribution >= 0.6 is 11.8 Å². The maximum atomic E-state index is 12.5. The van der Waals surface area contributed by atoms with Crippen molar-refractivity contribution in [3.63, 3.8) is 0 Å². The number of aromatic amines is 1. The first-order valence-corrected chi connectivity index (χ1v) is 9.80. The monoisotopic (exact) mass is 366 g/mol. The van der Waals surface area contributed by atoms with E-state index in [2.05, 4.69) is 29.2 Å². The smallest absolute Gasteiger partial charge is 0.232 e. The number of nitrogens with one attached hydrogen (secondary N) is 1. The minimum atomic E-state index is 0.0666. The first kappa shape index (κ1) is 17.2. The molecule has 0 saturated heterocycles. The number of para-hydroxylation sites is 1. The number of H-pyrrole nitrogens is 1. The number of thioether (sulfide) groups is 1. The number of ether oxygens (including phenoxy) is 1. The summed E-state index contributed by atoms with van der Waals surface area (Å²) in [6, 6.07) is 16.5. The SMILES string of the molecule is CN(CC1Cc2ccccc2CO1)C(=O)CSc1c[nH]c2ccccc12. The van der Waals surface area contributed by atoms with E-state index in [1.54, 1.807) is 16.7 Å². The summed E-state index contributed by atoms with van der Waals surface area (Å²) in [6.45, 7) is 1.26. The Hall–Kier alpha value is -2.24. The van der Waals surface area contributed by atoms with Crippen molar-refractivity contribution in [2.24, 2.45) is 0 Å². The van der Waals surface area contributed by atoms with E-state index in [4.69, 9.17) is 4.74 Å². The second-order valence-electron chi connectivity index (χ2n) is 6.67. The minimum Gasteiger partial charge on any atom is -0.371 e. The number of nitrogens with zero attached hydrogens (tertiary/aromatic N) is 1. The van der Waals surface area contributed by atoms with Gasteiger partial charge in [-0.05, 0) is 17.2 Å². The number of aromatic nitrogens is 1. The van der Waals surface area contributed by atoms with Crippen LogP contribution in [0.2, 0.25) is 0 Å². The van der Waals surface area contributed by atoms with Crippen LogP contribution in [0.4, 0.5) is 0 Å². The number of likely N-dealkylation sites (N-methyl/N-ethyl adjacent to an activating group) is 1. The van der Waals surface area contributed by atoms with E-state index < -0.39 is 0 Å². The fraction of sp³-hybridized carbons (Fsp3) is 0.286. The Morgan fingerprint density at radius 2 is 1.96 bits per heavy atom. The van der Waals surface area contributed by atoms with Crippen molar-refractivity contribution in [2.45, 2.75) is 24.0 Å². The van der Waals surface area contributed by atoms with Crippen LogP contribution in [0.1, 0.15) is 11.1 Å². The van der Waals surface area contributed by atoms with Crippen LogP contribution < -0.4 is 0 Å². The predicted octanol–water partition coefficient (Wildman–Crippen LogP) is 3.86. The molecule has 1 unspecified atom stereocenters. The lowest BCUT2D eigenvalue weighted by Gasteiger charge is -2.29. The molecule has 0 aliphatic carbocycles. The molecular formula is C21H22N2O2S. The van der Waals surface area contributed by atoms with Crippen molar-refractivity contribution in [3.05, 3.63) is 65.9 Å². The fourth-order valence-electron chi connectivity index (χ4n) is 3.35. The van der Waals surface area contributed by atoms with Gasteiger partial charge in [0.15, 0.2) is 0 Å². The standard InChI is InChI=1S/C21H22N2O2S/c1-23(12-17-10-15-6-2-3-7-16(15)13-25-17)21(24)14-26-20-11-22-19-9-5-4-8-18(19)20/h2-9,11,17,22H,10,12-14H2,1H3. The molecule has 1 amide bonds. The molecule has 0 spiro atoms. The molecule has 134 valence electrons. The molecule has 1 N–H and O–H groups in total. The van der Waals surface area contributed by atoms with E-state index in [0.29, 0.717) is 18.9 Å². The molecule has 0 saturated carbocycles. The number of carbonyl (C=O) groups excluding carboxylic acids is 1. The average Bonchev–Trinajstić information content (AvgIpc) is 3.09. The van der Waals surface area contributed by atoms with Crippen molar-refractivity contribution >= 4 is 28.6 Å². The maximum Gasteiger partial charge on any atom is 0.232 e. The van der Waals surface area contributed by atoms with Gasteiger partial charge >= 0.3 is 0 Å². The van der Waals surface area contributed by atoms with Crippen molar-refractivity contribution in [2.75, 3.05) is 19.3 Å². The molecular weight excluding hydrogens is 344 g/mol. The molecule has 2 heterocycles. The third-order valence-electron chi connectivity index (χ3n) is 4.85. The van der Waals surface area contributed by atoms with Gasteiger partial charge in [-0.15, -0.1) is 11.8 Å². The summed E-state index contributed by atoms with van der Waals surface area (Å²) >= 11 is 1.58. The molecule has 1 aliphatic rings. The lowest BCUT2D eigenvalue weighted by molar-refractivity contribution is -0.129. The Bertz CT molecular complexity index is 921. The number of hydrogen-bond donors (Lipinski definition) is 1. The molecule has 2 aromatic carbocycles. The van der Waals surface area contributed by atoms with E-state index >= 15 is 0 Å². The van der Waals surface area contributed by atoms with Crippen LogP contribution in [0, 0.1) is 0 Å². The Morgan fingerprint density at radius 3 is 2.85 bits per heavy atom.